The molecule has 0 aliphatic rings. The Morgan fingerprint density at radius 2 is 1.86 bits per heavy atom. The standard InChI is InChI=1S/C24H29N3O2/c1-5-27(6-2)14-13-25-24(28)22-16-26-23(19-10-8-7-9-17(19)3)20-12-11-18(29-4)15-21(20)22/h7-12,15-16H,5-6,13-14H2,1-4H3,(H,25,28). The van der Waals surface area contributed by atoms with E-state index in [9.17, 15) is 4.79 Å². The summed E-state index contributed by atoms with van der Waals surface area (Å²) in [7, 11) is 1.63. The largest absolute Gasteiger partial charge is 0.497 e. The zero-order valence-electron chi connectivity index (χ0n) is 17.7. The molecular formula is C24H29N3O2. The number of fused-ring (bicyclic) bond motifs is 1. The topological polar surface area (TPSA) is 54.5 Å². The Hall–Kier alpha value is -2.92. The molecule has 0 saturated heterocycles. The molecule has 1 heterocycles. The van der Waals surface area contributed by atoms with Gasteiger partial charge >= 0.3 is 0 Å². The maximum absolute atomic E-state index is 12.9. The van der Waals surface area contributed by atoms with Crippen LogP contribution in [-0.4, -0.2) is 49.1 Å². The van der Waals surface area contributed by atoms with Crippen LogP contribution in [0, 0.1) is 6.92 Å². The molecule has 0 aliphatic heterocycles. The molecule has 0 fully saturated rings. The molecule has 29 heavy (non-hydrogen) atoms. The van der Waals surface area contributed by atoms with Gasteiger partial charge < -0.3 is 15.0 Å². The fourth-order valence-electron chi connectivity index (χ4n) is 3.54. The number of nitrogens with one attached hydrogen (secondary N) is 1. The molecule has 0 aliphatic carbocycles. The number of likely N-dealkylation sites (N-methyl/N-ethyl adjacent to an activating group) is 1. The molecule has 3 aromatic rings. The molecule has 1 N–H and O–H groups in total. The van der Waals surface area contributed by atoms with Gasteiger partial charge in [0.05, 0.1) is 18.4 Å². The molecule has 152 valence electrons. The highest BCUT2D eigenvalue weighted by molar-refractivity contribution is 6.10. The second-order valence-corrected chi connectivity index (χ2v) is 7.03. The number of aryl methyl sites for hydroxylation is 1. The monoisotopic (exact) mass is 391 g/mol. The number of carbonyl (C=O) groups is 1. The van der Waals surface area contributed by atoms with Crippen molar-refractivity contribution in [3.63, 3.8) is 0 Å². The third kappa shape index (κ3) is 4.57. The van der Waals surface area contributed by atoms with E-state index in [-0.39, 0.29) is 5.91 Å². The van der Waals surface area contributed by atoms with E-state index in [0.717, 1.165) is 53.0 Å². The number of ether oxygens (including phenoxy) is 1. The molecule has 2 aromatic carbocycles. The summed E-state index contributed by atoms with van der Waals surface area (Å²) in [6, 6.07) is 14.0. The average Bonchev–Trinajstić information content (AvgIpc) is 2.76. The van der Waals surface area contributed by atoms with Crippen molar-refractivity contribution in [1.29, 1.82) is 0 Å². The minimum Gasteiger partial charge on any atom is -0.497 e. The first kappa shape index (κ1) is 20.8. The van der Waals surface area contributed by atoms with Gasteiger partial charge in [0, 0.05) is 35.6 Å². The molecule has 5 heteroatoms. The Morgan fingerprint density at radius 1 is 1.10 bits per heavy atom. The Balaban J connectivity index is 1.99. The molecule has 0 bridgehead atoms. The van der Waals surface area contributed by atoms with Crippen LogP contribution in [0.4, 0.5) is 0 Å². The zero-order chi connectivity index (χ0) is 20.8. The number of nitrogens with zero attached hydrogens (tertiary/aromatic N) is 2. The van der Waals surface area contributed by atoms with Gasteiger partial charge in [-0.15, -0.1) is 0 Å². The van der Waals surface area contributed by atoms with Crippen LogP contribution in [-0.2, 0) is 0 Å². The maximum atomic E-state index is 12.9. The van der Waals surface area contributed by atoms with Gasteiger partial charge in [-0.25, -0.2) is 0 Å². The first-order valence-electron chi connectivity index (χ1n) is 10.1. The van der Waals surface area contributed by atoms with E-state index in [1.807, 2.05) is 30.3 Å². The van der Waals surface area contributed by atoms with Gasteiger partial charge in [0.15, 0.2) is 0 Å². The third-order valence-corrected chi connectivity index (χ3v) is 5.35. The summed E-state index contributed by atoms with van der Waals surface area (Å²) in [5, 5.41) is 4.82. The summed E-state index contributed by atoms with van der Waals surface area (Å²) in [6.07, 6.45) is 1.68. The maximum Gasteiger partial charge on any atom is 0.253 e. The van der Waals surface area contributed by atoms with Gasteiger partial charge in [0.2, 0.25) is 0 Å². The molecule has 5 nitrogen and oxygen atoms in total. The van der Waals surface area contributed by atoms with Crippen LogP contribution in [0.5, 0.6) is 5.75 Å². The summed E-state index contributed by atoms with van der Waals surface area (Å²) in [4.78, 5) is 19.9. The lowest BCUT2D eigenvalue weighted by Crippen LogP contribution is -2.34. The van der Waals surface area contributed by atoms with Gasteiger partial charge in [0.25, 0.3) is 5.91 Å². The minimum absolute atomic E-state index is 0.112. The van der Waals surface area contributed by atoms with Crippen molar-refractivity contribution < 1.29 is 9.53 Å². The third-order valence-electron chi connectivity index (χ3n) is 5.35. The number of methoxy groups -OCH3 is 1. The van der Waals surface area contributed by atoms with Crippen molar-refractivity contribution in [1.82, 2.24) is 15.2 Å². The van der Waals surface area contributed by atoms with Crippen LogP contribution in [0.15, 0.2) is 48.7 Å². The number of hydrogen-bond acceptors (Lipinski definition) is 4. The van der Waals surface area contributed by atoms with E-state index in [4.69, 9.17) is 4.74 Å². The van der Waals surface area contributed by atoms with Gasteiger partial charge in [-0.1, -0.05) is 38.1 Å². The lowest BCUT2D eigenvalue weighted by molar-refractivity contribution is 0.0950. The minimum atomic E-state index is -0.112. The first-order valence-corrected chi connectivity index (χ1v) is 10.1. The molecule has 0 atom stereocenters. The van der Waals surface area contributed by atoms with E-state index < -0.39 is 0 Å². The predicted molar refractivity (Wildman–Crippen MR) is 119 cm³/mol. The Labute approximate surface area is 172 Å². The van der Waals surface area contributed by atoms with Crippen molar-refractivity contribution in [2.75, 3.05) is 33.3 Å². The van der Waals surface area contributed by atoms with Crippen LogP contribution >= 0.6 is 0 Å². The Kier molecular flexibility index (Phi) is 6.83. The van der Waals surface area contributed by atoms with Crippen LogP contribution in [0.3, 0.4) is 0 Å². The average molecular weight is 392 g/mol. The lowest BCUT2D eigenvalue weighted by atomic mass is 9.97. The number of benzene rings is 2. The molecule has 0 radical (unpaired) electrons. The highest BCUT2D eigenvalue weighted by atomic mass is 16.5. The quantitative estimate of drug-likeness (QED) is 0.622. The van der Waals surface area contributed by atoms with Crippen LogP contribution in [0.1, 0.15) is 29.8 Å². The number of carbonyl (C=O) groups excluding carboxylic acids is 1. The molecule has 3 rings (SSSR count). The number of rotatable bonds is 8. The van der Waals surface area contributed by atoms with Crippen LogP contribution in [0.25, 0.3) is 22.0 Å². The number of pyridine rings is 1. The predicted octanol–water partition coefficient (Wildman–Crippen LogP) is 4.29. The Morgan fingerprint density at radius 3 is 2.55 bits per heavy atom. The van der Waals surface area contributed by atoms with E-state index in [1.54, 1.807) is 13.3 Å². The number of amides is 1. The molecule has 1 amide bonds. The fourth-order valence-corrected chi connectivity index (χ4v) is 3.54. The molecule has 0 unspecified atom stereocenters. The summed E-state index contributed by atoms with van der Waals surface area (Å²) in [5.74, 6) is 0.607. The SMILES string of the molecule is CCN(CC)CCNC(=O)c1cnc(-c2ccccc2C)c2ccc(OC)cc12. The van der Waals surface area contributed by atoms with E-state index in [1.165, 1.54) is 0 Å². The van der Waals surface area contributed by atoms with Crippen molar-refractivity contribution in [2.45, 2.75) is 20.8 Å². The Bertz CT molecular complexity index is 997. The van der Waals surface area contributed by atoms with Crippen LogP contribution in [0.2, 0.25) is 0 Å². The van der Waals surface area contributed by atoms with Crippen molar-refractivity contribution >= 4 is 16.7 Å². The fraction of sp³-hybridized carbons (Fsp3) is 0.333. The van der Waals surface area contributed by atoms with Crippen LogP contribution < -0.4 is 10.1 Å². The summed E-state index contributed by atoms with van der Waals surface area (Å²) in [6.45, 7) is 9.69. The number of aromatic nitrogens is 1. The van der Waals surface area contributed by atoms with Gasteiger partial charge in [-0.3, -0.25) is 9.78 Å². The van der Waals surface area contributed by atoms with Gasteiger partial charge in [0.1, 0.15) is 5.75 Å². The number of hydrogen-bond donors (Lipinski definition) is 1. The van der Waals surface area contributed by atoms with E-state index in [0.29, 0.717) is 12.1 Å². The second kappa shape index (κ2) is 9.52. The van der Waals surface area contributed by atoms with Crippen molar-refractivity contribution in [3.8, 4) is 17.0 Å². The molecule has 1 aromatic heterocycles. The second-order valence-electron chi connectivity index (χ2n) is 7.03. The first-order chi connectivity index (χ1) is 14.1. The van der Waals surface area contributed by atoms with Gasteiger partial charge in [-0.05, 0) is 43.8 Å². The van der Waals surface area contributed by atoms with E-state index >= 15 is 0 Å². The van der Waals surface area contributed by atoms with Gasteiger partial charge in [-0.2, -0.15) is 0 Å². The van der Waals surface area contributed by atoms with Crippen molar-refractivity contribution in [2.24, 2.45) is 0 Å². The molecule has 0 spiro atoms. The summed E-state index contributed by atoms with van der Waals surface area (Å²) < 4.78 is 5.41. The van der Waals surface area contributed by atoms with E-state index in [2.05, 4.69) is 48.1 Å². The molecular weight excluding hydrogens is 362 g/mol. The summed E-state index contributed by atoms with van der Waals surface area (Å²) in [5.41, 5.74) is 3.65. The highest BCUT2D eigenvalue weighted by Crippen LogP contribution is 2.32. The lowest BCUT2D eigenvalue weighted by Gasteiger charge is -2.18. The highest BCUT2D eigenvalue weighted by Gasteiger charge is 2.16. The normalized spacial score (nSPS) is 11.1. The summed E-state index contributed by atoms with van der Waals surface area (Å²) >= 11 is 0. The molecule has 0 saturated carbocycles. The zero-order valence-corrected chi connectivity index (χ0v) is 17.7. The smallest absolute Gasteiger partial charge is 0.253 e. The van der Waals surface area contributed by atoms with Crippen molar-refractivity contribution in [3.05, 3.63) is 59.8 Å².